The summed E-state index contributed by atoms with van der Waals surface area (Å²) >= 11 is 10.9. The molecule has 2 nitrogen and oxygen atoms in total. The summed E-state index contributed by atoms with van der Waals surface area (Å²) in [7, 11) is 0. The Hall–Kier alpha value is -0.680. The van der Waals surface area contributed by atoms with Gasteiger partial charge >= 0.3 is 0 Å². The van der Waals surface area contributed by atoms with Crippen molar-refractivity contribution in [2.45, 2.75) is 12.5 Å². The molecule has 0 amide bonds. The highest BCUT2D eigenvalue weighted by molar-refractivity contribution is 9.10. The minimum atomic E-state index is -0.565. The van der Waals surface area contributed by atoms with Crippen molar-refractivity contribution in [3.05, 3.63) is 55.6 Å². The van der Waals surface area contributed by atoms with Crippen molar-refractivity contribution >= 4 is 44.7 Å². The topological polar surface area (TPSA) is 43.1 Å². The summed E-state index contributed by atoms with van der Waals surface area (Å²) in [6.07, 6.45) is 0.255. The molecule has 18 heavy (non-hydrogen) atoms. The Labute approximate surface area is 123 Å². The van der Waals surface area contributed by atoms with Crippen molar-refractivity contribution in [2.24, 2.45) is 5.73 Å². The van der Waals surface area contributed by atoms with Gasteiger partial charge in [-0.15, -0.1) is 11.3 Å². The van der Waals surface area contributed by atoms with E-state index < -0.39 is 6.04 Å². The molecule has 0 saturated carbocycles. The fourth-order valence-electron chi connectivity index (χ4n) is 1.59. The molecular formula is C13H11BrClNOS. The summed E-state index contributed by atoms with van der Waals surface area (Å²) in [5.74, 6) is -0.0262. The number of nitrogens with two attached hydrogens (primary N) is 1. The monoisotopic (exact) mass is 343 g/mol. The van der Waals surface area contributed by atoms with Gasteiger partial charge in [0.1, 0.15) is 0 Å². The number of Topliss-reactive ketones (excluding diaryl/α,β-unsaturated/α-hetero) is 1. The van der Waals surface area contributed by atoms with Gasteiger partial charge < -0.3 is 5.73 Å². The Morgan fingerprint density at radius 1 is 1.44 bits per heavy atom. The Kier molecular flexibility index (Phi) is 4.56. The molecule has 2 rings (SSSR count). The zero-order valence-corrected chi connectivity index (χ0v) is 12.6. The van der Waals surface area contributed by atoms with E-state index in [0.717, 1.165) is 14.9 Å². The number of carbonyl (C=O) groups excluding carboxylic acids is 1. The molecule has 1 atom stereocenters. The summed E-state index contributed by atoms with van der Waals surface area (Å²) in [5.41, 5.74) is 6.72. The van der Waals surface area contributed by atoms with Gasteiger partial charge in [-0.2, -0.15) is 0 Å². The number of ketones is 1. The lowest BCUT2D eigenvalue weighted by Gasteiger charge is -2.09. The zero-order valence-electron chi connectivity index (χ0n) is 9.40. The summed E-state index contributed by atoms with van der Waals surface area (Å²) < 4.78 is 0.895. The van der Waals surface area contributed by atoms with Gasteiger partial charge in [0.25, 0.3) is 0 Å². The molecule has 2 aromatic rings. The van der Waals surface area contributed by atoms with Crippen LogP contribution in [0.25, 0.3) is 0 Å². The highest BCUT2D eigenvalue weighted by Crippen LogP contribution is 2.24. The van der Waals surface area contributed by atoms with Crippen LogP contribution in [0, 0.1) is 0 Å². The molecule has 0 saturated heterocycles. The van der Waals surface area contributed by atoms with Crippen LogP contribution in [0.4, 0.5) is 0 Å². The SMILES string of the molecule is NC(C(=O)Cc1ccc(Br)cc1Cl)c1cccs1. The fraction of sp³-hybridized carbons (Fsp3) is 0.154. The van der Waals surface area contributed by atoms with Crippen LogP contribution in [0.15, 0.2) is 40.2 Å². The van der Waals surface area contributed by atoms with Gasteiger partial charge in [-0.25, -0.2) is 0 Å². The van der Waals surface area contributed by atoms with Gasteiger partial charge in [0.05, 0.1) is 6.04 Å². The highest BCUT2D eigenvalue weighted by Gasteiger charge is 2.18. The lowest BCUT2D eigenvalue weighted by Crippen LogP contribution is -2.22. The van der Waals surface area contributed by atoms with E-state index in [1.54, 1.807) is 6.07 Å². The minimum Gasteiger partial charge on any atom is -0.317 e. The van der Waals surface area contributed by atoms with Crippen LogP contribution in [-0.2, 0) is 11.2 Å². The predicted octanol–water partition coefficient (Wildman–Crippen LogP) is 3.98. The molecule has 0 aliphatic rings. The number of benzene rings is 1. The van der Waals surface area contributed by atoms with Crippen LogP contribution >= 0.6 is 38.9 Å². The van der Waals surface area contributed by atoms with Crippen LogP contribution in [0.5, 0.6) is 0 Å². The van der Waals surface area contributed by atoms with Crippen molar-refractivity contribution in [2.75, 3.05) is 0 Å². The van der Waals surface area contributed by atoms with Crippen molar-refractivity contribution in [3.63, 3.8) is 0 Å². The van der Waals surface area contributed by atoms with E-state index in [4.69, 9.17) is 17.3 Å². The Bertz CT molecular complexity index is 556. The first-order valence-electron chi connectivity index (χ1n) is 5.33. The Morgan fingerprint density at radius 3 is 2.83 bits per heavy atom. The largest absolute Gasteiger partial charge is 0.317 e. The maximum absolute atomic E-state index is 12.1. The average Bonchev–Trinajstić information content (AvgIpc) is 2.85. The molecule has 1 heterocycles. The number of hydrogen-bond acceptors (Lipinski definition) is 3. The van der Waals surface area contributed by atoms with Crippen molar-refractivity contribution in [1.82, 2.24) is 0 Å². The number of halogens is 2. The van der Waals surface area contributed by atoms with E-state index >= 15 is 0 Å². The molecular weight excluding hydrogens is 334 g/mol. The highest BCUT2D eigenvalue weighted by atomic mass is 79.9. The molecule has 1 unspecified atom stereocenters. The van der Waals surface area contributed by atoms with E-state index in [9.17, 15) is 4.79 Å². The predicted molar refractivity (Wildman–Crippen MR) is 79.1 cm³/mol. The van der Waals surface area contributed by atoms with Crippen molar-refractivity contribution in [1.29, 1.82) is 0 Å². The van der Waals surface area contributed by atoms with Crippen LogP contribution in [0.3, 0.4) is 0 Å². The molecule has 0 aliphatic carbocycles. The van der Waals surface area contributed by atoms with Gasteiger partial charge in [0.15, 0.2) is 5.78 Å². The molecule has 0 spiro atoms. The van der Waals surface area contributed by atoms with Gasteiger partial charge in [0.2, 0.25) is 0 Å². The standard InChI is InChI=1S/C13H11BrClNOS/c14-9-4-3-8(10(15)7-9)6-11(17)13(16)12-2-1-5-18-12/h1-5,7,13H,6,16H2. The van der Waals surface area contributed by atoms with E-state index in [0.29, 0.717) is 5.02 Å². The zero-order chi connectivity index (χ0) is 13.1. The second-order valence-electron chi connectivity index (χ2n) is 3.87. The first kappa shape index (κ1) is 13.7. The lowest BCUT2D eigenvalue weighted by atomic mass is 10.0. The molecule has 5 heteroatoms. The Balaban J connectivity index is 2.12. The first-order valence-corrected chi connectivity index (χ1v) is 7.38. The summed E-state index contributed by atoms with van der Waals surface area (Å²) in [6.45, 7) is 0. The minimum absolute atomic E-state index is 0.0262. The van der Waals surface area contributed by atoms with Gasteiger partial charge in [-0.05, 0) is 29.1 Å². The average molecular weight is 345 g/mol. The van der Waals surface area contributed by atoms with Crippen molar-refractivity contribution in [3.8, 4) is 0 Å². The normalized spacial score (nSPS) is 12.4. The maximum Gasteiger partial charge on any atom is 0.159 e. The van der Waals surface area contributed by atoms with Crippen LogP contribution < -0.4 is 5.73 Å². The van der Waals surface area contributed by atoms with Crippen LogP contribution in [0.1, 0.15) is 16.5 Å². The van der Waals surface area contributed by atoms with Crippen molar-refractivity contribution < 1.29 is 4.79 Å². The molecule has 94 valence electrons. The fourth-order valence-corrected chi connectivity index (χ4v) is 3.08. The number of carbonyl (C=O) groups is 1. The second kappa shape index (κ2) is 5.97. The van der Waals surface area contributed by atoms with E-state index in [1.165, 1.54) is 11.3 Å². The molecule has 1 aromatic heterocycles. The smallest absolute Gasteiger partial charge is 0.159 e. The van der Waals surface area contributed by atoms with Gasteiger partial charge in [-0.1, -0.05) is 39.7 Å². The number of rotatable bonds is 4. The van der Waals surface area contributed by atoms with Crippen LogP contribution in [-0.4, -0.2) is 5.78 Å². The quantitative estimate of drug-likeness (QED) is 0.912. The van der Waals surface area contributed by atoms with E-state index in [-0.39, 0.29) is 12.2 Å². The third kappa shape index (κ3) is 3.20. The molecule has 0 aliphatic heterocycles. The van der Waals surface area contributed by atoms with Gasteiger partial charge in [-0.3, -0.25) is 4.79 Å². The number of hydrogen-bond donors (Lipinski definition) is 1. The summed E-state index contributed by atoms with van der Waals surface area (Å²) in [4.78, 5) is 12.9. The van der Waals surface area contributed by atoms with Gasteiger partial charge in [0, 0.05) is 20.8 Å². The lowest BCUT2D eigenvalue weighted by molar-refractivity contribution is -0.119. The number of thiophene rings is 1. The molecule has 0 fully saturated rings. The third-order valence-corrected chi connectivity index (χ3v) is 4.38. The van der Waals surface area contributed by atoms with E-state index in [2.05, 4.69) is 15.9 Å². The molecule has 0 bridgehead atoms. The second-order valence-corrected chi connectivity index (χ2v) is 6.17. The molecule has 1 aromatic carbocycles. The summed E-state index contributed by atoms with van der Waals surface area (Å²) in [6, 6.07) is 8.68. The Morgan fingerprint density at radius 2 is 2.22 bits per heavy atom. The third-order valence-electron chi connectivity index (χ3n) is 2.58. The van der Waals surface area contributed by atoms with E-state index in [1.807, 2.05) is 29.6 Å². The maximum atomic E-state index is 12.1. The molecule has 2 N–H and O–H groups in total. The van der Waals surface area contributed by atoms with Crippen LogP contribution in [0.2, 0.25) is 5.02 Å². The molecule has 0 radical (unpaired) electrons. The first-order chi connectivity index (χ1) is 8.58. The summed E-state index contributed by atoms with van der Waals surface area (Å²) in [5, 5.41) is 2.49.